The van der Waals surface area contributed by atoms with Crippen LogP contribution in [0.2, 0.25) is 10.0 Å². The molecule has 0 spiro atoms. The van der Waals surface area contributed by atoms with E-state index in [0.717, 1.165) is 22.4 Å². The van der Waals surface area contributed by atoms with Gasteiger partial charge < -0.3 is 0 Å². The van der Waals surface area contributed by atoms with Gasteiger partial charge in [-0.15, -0.1) is 0 Å². The average molecular weight is 336 g/mol. The number of benzene rings is 1. The number of rotatable bonds is 1. The maximum Gasteiger partial charge on any atom is 0.0732 e. The monoisotopic (exact) mass is 335 g/mol. The first-order valence-electron chi connectivity index (χ1n) is 7.48. The highest BCUT2D eigenvalue weighted by Crippen LogP contribution is 2.45. The van der Waals surface area contributed by atoms with Gasteiger partial charge in [-0.3, -0.25) is 4.98 Å². The van der Waals surface area contributed by atoms with Crippen molar-refractivity contribution in [1.82, 2.24) is 4.98 Å². The first-order chi connectivity index (χ1) is 10.0. The fourth-order valence-corrected chi connectivity index (χ4v) is 3.57. The Kier molecular flexibility index (Phi) is 4.61. The molecule has 0 fully saturated rings. The topological polar surface area (TPSA) is 12.9 Å². The second-order valence-corrected chi connectivity index (χ2v) is 8.45. The Morgan fingerprint density at radius 2 is 1.32 bits per heavy atom. The molecule has 0 saturated heterocycles. The van der Waals surface area contributed by atoms with Crippen molar-refractivity contribution in [2.24, 2.45) is 0 Å². The molecule has 0 atom stereocenters. The molecule has 0 bridgehead atoms. The van der Waals surface area contributed by atoms with E-state index in [1.54, 1.807) is 6.20 Å². The summed E-state index contributed by atoms with van der Waals surface area (Å²) in [5.41, 5.74) is 3.72. The van der Waals surface area contributed by atoms with Crippen LogP contribution in [0.25, 0.3) is 11.3 Å². The van der Waals surface area contributed by atoms with E-state index in [4.69, 9.17) is 23.2 Å². The molecular weight excluding hydrogens is 313 g/mol. The summed E-state index contributed by atoms with van der Waals surface area (Å²) in [4.78, 5) is 4.45. The summed E-state index contributed by atoms with van der Waals surface area (Å²) in [6.45, 7) is 13.0. The van der Waals surface area contributed by atoms with Gasteiger partial charge in [-0.2, -0.15) is 0 Å². The van der Waals surface area contributed by atoms with E-state index in [0.29, 0.717) is 10.0 Å². The van der Waals surface area contributed by atoms with E-state index < -0.39 is 0 Å². The van der Waals surface area contributed by atoms with E-state index in [-0.39, 0.29) is 10.8 Å². The number of hydrogen-bond acceptors (Lipinski definition) is 1. The molecule has 118 valence electrons. The minimum Gasteiger partial charge on any atom is -0.256 e. The van der Waals surface area contributed by atoms with E-state index in [1.807, 2.05) is 18.2 Å². The maximum atomic E-state index is 6.73. The highest BCUT2D eigenvalue weighted by atomic mass is 35.5. The van der Waals surface area contributed by atoms with Crippen LogP contribution in [0.1, 0.15) is 52.7 Å². The molecule has 1 aromatic carbocycles. The van der Waals surface area contributed by atoms with Crippen molar-refractivity contribution in [2.45, 2.75) is 52.4 Å². The van der Waals surface area contributed by atoms with Crippen molar-refractivity contribution in [1.29, 1.82) is 0 Å². The van der Waals surface area contributed by atoms with Crippen LogP contribution in [-0.2, 0) is 10.8 Å². The molecular formula is C19H23Cl2N. The van der Waals surface area contributed by atoms with Crippen LogP contribution in [0.5, 0.6) is 0 Å². The minimum atomic E-state index is -0.0643. The smallest absolute Gasteiger partial charge is 0.0732 e. The number of halogens is 2. The Balaban J connectivity index is 2.88. The lowest BCUT2D eigenvalue weighted by atomic mass is 9.79. The standard InChI is InChI=1S/C19H23Cl2N/c1-18(2,3)12-11-13(19(4,5)6)17(21)15(16(12)20)14-9-7-8-10-22-14/h7-11H,1-6H3. The molecule has 22 heavy (non-hydrogen) atoms. The van der Waals surface area contributed by atoms with E-state index in [2.05, 4.69) is 52.6 Å². The molecule has 1 aromatic heterocycles. The van der Waals surface area contributed by atoms with E-state index >= 15 is 0 Å². The van der Waals surface area contributed by atoms with Crippen molar-refractivity contribution in [3.8, 4) is 11.3 Å². The maximum absolute atomic E-state index is 6.73. The minimum absolute atomic E-state index is 0.0643. The quantitative estimate of drug-likeness (QED) is 0.568. The molecule has 2 rings (SSSR count). The van der Waals surface area contributed by atoms with Gasteiger partial charge in [0, 0.05) is 11.8 Å². The van der Waals surface area contributed by atoms with Gasteiger partial charge in [0.1, 0.15) is 0 Å². The van der Waals surface area contributed by atoms with Gasteiger partial charge in [-0.05, 0) is 34.1 Å². The highest BCUT2D eigenvalue weighted by molar-refractivity contribution is 6.40. The molecule has 2 aromatic rings. The van der Waals surface area contributed by atoms with E-state index in [1.165, 1.54) is 0 Å². The third-order valence-electron chi connectivity index (χ3n) is 3.74. The number of aromatic nitrogens is 1. The summed E-state index contributed by atoms with van der Waals surface area (Å²) < 4.78 is 0. The van der Waals surface area contributed by atoms with Gasteiger partial charge in [-0.1, -0.05) is 76.9 Å². The van der Waals surface area contributed by atoms with Gasteiger partial charge in [0.25, 0.3) is 0 Å². The highest BCUT2D eigenvalue weighted by Gasteiger charge is 2.28. The second kappa shape index (κ2) is 5.86. The zero-order chi connectivity index (χ0) is 16.7. The van der Waals surface area contributed by atoms with Crippen molar-refractivity contribution < 1.29 is 0 Å². The molecule has 0 aliphatic rings. The van der Waals surface area contributed by atoms with Crippen LogP contribution >= 0.6 is 23.2 Å². The third-order valence-corrected chi connectivity index (χ3v) is 4.52. The van der Waals surface area contributed by atoms with E-state index in [9.17, 15) is 0 Å². The summed E-state index contributed by atoms with van der Waals surface area (Å²) in [5.74, 6) is 0. The van der Waals surface area contributed by atoms with Crippen LogP contribution in [0.4, 0.5) is 0 Å². The predicted molar refractivity (Wildman–Crippen MR) is 97.1 cm³/mol. The lowest BCUT2D eigenvalue weighted by Gasteiger charge is -2.29. The first-order valence-corrected chi connectivity index (χ1v) is 8.23. The van der Waals surface area contributed by atoms with Gasteiger partial charge in [0.05, 0.1) is 15.7 Å². The van der Waals surface area contributed by atoms with Crippen LogP contribution in [0.15, 0.2) is 30.5 Å². The molecule has 3 heteroatoms. The zero-order valence-corrected chi connectivity index (χ0v) is 15.6. The summed E-state index contributed by atoms with van der Waals surface area (Å²) in [5, 5.41) is 1.40. The van der Waals surface area contributed by atoms with Gasteiger partial charge in [0.2, 0.25) is 0 Å². The average Bonchev–Trinajstić information content (AvgIpc) is 2.37. The third kappa shape index (κ3) is 3.31. The largest absolute Gasteiger partial charge is 0.256 e. The van der Waals surface area contributed by atoms with Crippen molar-refractivity contribution in [2.75, 3.05) is 0 Å². The summed E-state index contributed by atoms with van der Waals surface area (Å²) in [6.07, 6.45) is 1.77. The predicted octanol–water partition coefficient (Wildman–Crippen LogP) is 6.65. The van der Waals surface area contributed by atoms with Crippen molar-refractivity contribution >= 4 is 23.2 Å². The Labute approximate surface area is 143 Å². The van der Waals surface area contributed by atoms with Crippen LogP contribution in [0.3, 0.4) is 0 Å². The fraction of sp³-hybridized carbons (Fsp3) is 0.421. The molecule has 0 amide bonds. The van der Waals surface area contributed by atoms with Gasteiger partial charge in [-0.25, -0.2) is 0 Å². The Hall–Kier alpha value is -1.05. The SMILES string of the molecule is CC(C)(C)c1cc(C(C)(C)C)c(Cl)c(-c2ccccn2)c1Cl. The molecule has 1 nitrogen and oxygen atoms in total. The van der Waals surface area contributed by atoms with Gasteiger partial charge >= 0.3 is 0 Å². The Morgan fingerprint density at radius 3 is 1.68 bits per heavy atom. The Bertz CT molecular complexity index is 639. The number of pyridine rings is 1. The lowest BCUT2D eigenvalue weighted by Crippen LogP contribution is -2.18. The van der Waals surface area contributed by atoms with Crippen molar-refractivity contribution in [3.63, 3.8) is 0 Å². The second-order valence-electron chi connectivity index (χ2n) is 7.69. The van der Waals surface area contributed by atoms with Crippen LogP contribution in [0, 0.1) is 0 Å². The lowest BCUT2D eigenvalue weighted by molar-refractivity contribution is 0.569. The summed E-state index contributed by atoms with van der Waals surface area (Å²) in [6, 6.07) is 7.95. The zero-order valence-electron chi connectivity index (χ0n) is 14.1. The number of hydrogen-bond donors (Lipinski definition) is 0. The molecule has 0 saturated carbocycles. The van der Waals surface area contributed by atoms with Crippen LogP contribution in [-0.4, -0.2) is 4.98 Å². The Morgan fingerprint density at radius 1 is 0.818 bits per heavy atom. The summed E-state index contributed by atoms with van der Waals surface area (Å²) >= 11 is 13.5. The molecule has 0 radical (unpaired) electrons. The molecule has 0 unspecified atom stereocenters. The first kappa shape index (κ1) is 17.3. The molecule has 1 heterocycles. The normalized spacial score (nSPS) is 12.5. The molecule has 0 aliphatic heterocycles. The molecule has 0 N–H and O–H groups in total. The number of nitrogens with zero attached hydrogens (tertiary/aromatic N) is 1. The van der Waals surface area contributed by atoms with Gasteiger partial charge in [0.15, 0.2) is 0 Å². The molecule has 0 aliphatic carbocycles. The van der Waals surface area contributed by atoms with Crippen molar-refractivity contribution in [3.05, 3.63) is 51.6 Å². The fourth-order valence-electron chi connectivity index (χ4n) is 2.46. The van der Waals surface area contributed by atoms with Crippen LogP contribution < -0.4 is 0 Å². The summed E-state index contributed by atoms with van der Waals surface area (Å²) in [7, 11) is 0.